The van der Waals surface area contributed by atoms with Crippen molar-refractivity contribution in [1.29, 1.82) is 0 Å². The van der Waals surface area contributed by atoms with Gasteiger partial charge >= 0.3 is 0 Å². The average molecular weight is 182 g/mol. The highest BCUT2D eigenvalue weighted by atomic mass is 16.5. The number of methoxy groups -OCH3 is 1. The Hall–Kier alpha value is -1.18. The van der Waals surface area contributed by atoms with Crippen molar-refractivity contribution in [1.82, 2.24) is 0 Å². The van der Waals surface area contributed by atoms with E-state index in [9.17, 15) is 0 Å². The summed E-state index contributed by atoms with van der Waals surface area (Å²) >= 11 is 0. The fourth-order valence-corrected chi connectivity index (χ4v) is 0.921. The molecule has 2 heteroatoms. The van der Waals surface area contributed by atoms with Crippen LogP contribution < -0.4 is 0 Å². The van der Waals surface area contributed by atoms with Gasteiger partial charge in [0.1, 0.15) is 5.76 Å². The predicted octanol–water partition coefficient (Wildman–Crippen LogP) is 3.33. The molecule has 0 spiro atoms. The van der Waals surface area contributed by atoms with Gasteiger partial charge in [-0.15, -0.1) is 0 Å². The van der Waals surface area contributed by atoms with Crippen LogP contribution in [0.3, 0.4) is 0 Å². The monoisotopic (exact) mass is 182 g/mol. The minimum Gasteiger partial charge on any atom is -0.505 e. The van der Waals surface area contributed by atoms with Crippen LogP contribution in [-0.4, -0.2) is 12.2 Å². The summed E-state index contributed by atoms with van der Waals surface area (Å²) in [4.78, 5) is 0. The van der Waals surface area contributed by atoms with Crippen LogP contribution in [0.4, 0.5) is 0 Å². The SMILES string of the molecule is C=C(/C=C(/OC)C(=C)O)CCCC. The van der Waals surface area contributed by atoms with Gasteiger partial charge in [0, 0.05) is 0 Å². The van der Waals surface area contributed by atoms with E-state index in [0.717, 1.165) is 24.8 Å². The Morgan fingerprint density at radius 3 is 2.46 bits per heavy atom. The number of aliphatic hydroxyl groups excluding tert-OH is 1. The molecule has 0 rings (SSSR count). The van der Waals surface area contributed by atoms with Crippen molar-refractivity contribution in [3.8, 4) is 0 Å². The second-order valence-electron chi connectivity index (χ2n) is 2.92. The zero-order valence-electron chi connectivity index (χ0n) is 8.47. The van der Waals surface area contributed by atoms with Gasteiger partial charge in [-0.2, -0.15) is 0 Å². The molecule has 0 aromatic carbocycles. The normalized spacial score (nSPS) is 11.1. The largest absolute Gasteiger partial charge is 0.505 e. The lowest BCUT2D eigenvalue weighted by Crippen LogP contribution is -1.91. The standard InChI is InChI=1S/C11H18O2/c1-5-6-7-9(2)8-11(13-4)10(3)12/h8,12H,2-3,5-7H2,1,4H3/b11-8+. The molecule has 0 fully saturated rings. The van der Waals surface area contributed by atoms with E-state index in [4.69, 9.17) is 9.84 Å². The molecule has 74 valence electrons. The summed E-state index contributed by atoms with van der Waals surface area (Å²) in [5, 5.41) is 9.06. The van der Waals surface area contributed by atoms with Crippen molar-refractivity contribution in [3.05, 3.63) is 36.3 Å². The molecule has 0 aromatic rings. The molecule has 0 bridgehead atoms. The highest BCUT2D eigenvalue weighted by Crippen LogP contribution is 2.12. The van der Waals surface area contributed by atoms with Crippen LogP contribution >= 0.6 is 0 Å². The van der Waals surface area contributed by atoms with Gasteiger partial charge in [-0.25, -0.2) is 0 Å². The van der Waals surface area contributed by atoms with Gasteiger partial charge in [0.2, 0.25) is 0 Å². The molecule has 0 saturated carbocycles. The van der Waals surface area contributed by atoms with Gasteiger partial charge in [0.15, 0.2) is 5.76 Å². The van der Waals surface area contributed by atoms with Gasteiger partial charge < -0.3 is 9.84 Å². The first kappa shape index (κ1) is 11.8. The van der Waals surface area contributed by atoms with Crippen molar-refractivity contribution in [2.45, 2.75) is 26.2 Å². The summed E-state index contributed by atoms with van der Waals surface area (Å²) in [5.74, 6) is 0.334. The number of ether oxygens (including phenoxy) is 1. The van der Waals surface area contributed by atoms with Crippen molar-refractivity contribution in [2.75, 3.05) is 7.11 Å². The molecule has 0 aliphatic carbocycles. The van der Waals surface area contributed by atoms with E-state index in [-0.39, 0.29) is 5.76 Å². The molecule has 2 nitrogen and oxygen atoms in total. The Labute approximate surface area is 80.2 Å². The fourth-order valence-electron chi connectivity index (χ4n) is 0.921. The molecule has 0 atom stereocenters. The van der Waals surface area contributed by atoms with E-state index in [1.807, 2.05) is 0 Å². The smallest absolute Gasteiger partial charge is 0.160 e. The molecule has 0 aliphatic rings. The summed E-state index contributed by atoms with van der Waals surface area (Å²) in [6, 6.07) is 0. The molecule has 0 aliphatic heterocycles. The van der Waals surface area contributed by atoms with Gasteiger partial charge in [-0.3, -0.25) is 0 Å². The Kier molecular flexibility index (Phi) is 5.77. The lowest BCUT2D eigenvalue weighted by Gasteiger charge is -2.05. The molecule has 0 saturated heterocycles. The maximum Gasteiger partial charge on any atom is 0.160 e. The van der Waals surface area contributed by atoms with Crippen LogP contribution in [0.25, 0.3) is 0 Å². The van der Waals surface area contributed by atoms with Gasteiger partial charge in [-0.05, 0) is 18.9 Å². The molecular weight excluding hydrogens is 164 g/mol. The van der Waals surface area contributed by atoms with Crippen molar-refractivity contribution >= 4 is 0 Å². The maximum absolute atomic E-state index is 9.06. The summed E-state index contributed by atoms with van der Waals surface area (Å²) in [5.41, 5.74) is 0.953. The molecular formula is C11H18O2. The molecule has 0 radical (unpaired) electrons. The number of rotatable bonds is 6. The van der Waals surface area contributed by atoms with E-state index in [1.54, 1.807) is 6.08 Å². The van der Waals surface area contributed by atoms with Crippen molar-refractivity contribution < 1.29 is 9.84 Å². The first-order chi connectivity index (χ1) is 6.11. The topological polar surface area (TPSA) is 29.5 Å². The third kappa shape index (κ3) is 5.12. The number of allylic oxidation sites excluding steroid dienone is 2. The predicted molar refractivity (Wildman–Crippen MR) is 55.5 cm³/mol. The second-order valence-corrected chi connectivity index (χ2v) is 2.92. The van der Waals surface area contributed by atoms with E-state index in [1.165, 1.54) is 7.11 Å². The molecule has 0 aromatic heterocycles. The quantitative estimate of drug-likeness (QED) is 0.504. The second kappa shape index (κ2) is 6.35. The molecule has 0 amide bonds. The highest BCUT2D eigenvalue weighted by molar-refractivity contribution is 5.26. The zero-order valence-corrected chi connectivity index (χ0v) is 8.47. The highest BCUT2D eigenvalue weighted by Gasteiger charge is 2.00. The molecule has 13 heavy (non-hydrogen) atoms. The first-order valence-corrected chi connectivity index (χ1v) is 4.43. The van der Waals surface area contributed by atoms with E-state index >= 15 is 0 Å². The van der Waals surface area contributed by atoms with Crippen LogP contribution in [-0.2, 0) is 4.74 Å². The molecule has 0 heterocycles. The minimum absolute atomic E-state index is 0.0554. The number of hydrogen-bond donors (Lipinski definition) is 1. The van der Waals surface area contributed by atoms with Crippen LogP contribution in [0.2, 0.25) is 0 Å². The Morgan fingerprint density at radius 2 is 2.08 bits per heavy atom. The van der Waals surface area contributed by atoms with E-state index in [2.05, 4.69) is 20.1 Å². The average Bonchev–Trinajstić information content (AvgIpc) is 2.10. The zero-order chi connectivity index (χ0) is 10.3. The van der Waals surface area contributed by atoms with Crippen molar-refractivity contribution in [2.24, 2.45) is 0 Å². The summed E-state index contributed by atoms with van der Waals surface area (Å²) in [6.45, 7) is 9.36. The molecule has 1 N–H and O–H groups in total. The van der Waals surface area contributed by atoms with Crippen molar-refractivity contribution in [3.63, 3.8) is 0 Å². The van der Waals surface area contributed by atoms with Crippen LogP contribution in [0.5, 0.6) is 0 Å². The fraction of sp³-hybridized carbons (Fsp3) is 0.455. The summed E-state index contributed by atoms with van der Waals surface area (Å²) < 4.78 is 4.91. The number of hydrogen-bond acceptors (Lipinski definition) is 2. The Balaban J connectivity index is 4.17. The van der Waals surface area contributed by atoms with Gasteiger partial charge in [-0.1, -0.05) is 32.1 Å². The van der Waals surface area contributed by atoms with E-state index < -0.39 is 0 Å². The lowest BCUT2D eigenvalue weighted by molar-refractivity contribution is 0.257. The third-order valence-corrected chi connectivity index (χ3v) is 1.69. The lowest BCUT2D eigenvalue weighted by atomic mass is 10.1. The molecule has 0 unspecified atom stereocenters. The number of unbranched alkanes of at least 4 members (excludes halogenated alkanes) is 1. The van der Waals surface area contributed by atoms with Gasteiger partial charge in [0.25, 0.3) is 0 Å². The van der Waals surface area contributed by atoms with Crippen LogP contribution in [0, 0.1) is 0 Å². The summed E-state index contributed by atoms with van der Waals surface area (Å²) in [7, 11) is 1.50. The first-order valence-electron chi connectivity index (χ1n) is 4.43. The van der Waals surface area contributed by atoms with Crippen LogP contribution in [0.1, 0.15) is 26.2 Å². The Morgan fingerprint density at radius 1 is 1.46 bits per heavy atom. The van der Waals surface area contributed by atoms with E-state index in [0.29, 0.717) is 5.76 Å². The number of aliphatic hydroxyl groups is 1. The summed E-state index contributed by atoms with van der Waals surface area (Å²) in [6.07, 6.45) is 4.88. The minimum atomic E-state index is -0.0554. The third-order valence-electron chi connectivity index (χ3n) is 1.69. The van der Waals surface area contributed by atoms with Crippen LogP contribution in [0.15, 0.2) is 36.3 Å². The maximum atomic E-state index is 9.06. The Bertz CT molecular complexity index is 214. The van der Waals surface area contributed by atoms with Gasteiger partial charge in [0.05, 0.1) is 7.11 Å².